The average Bonchev–Trinajstić information content (AvgIpc) is 2.50. The second-order valence-electron chi connectivity index (χ2n) is 4.92. The van der Waals surface area contributed by atoms with Crippen LogP contribution in [-0.4, -0.2) is 17.1 Å². The van der Waals surface area contributed by atoms with E-state index in [1.54, 1.807) is 12.1 Å². The Labute approximate surface area is 137 Å². The van der Waals surface area contributed by atoms with Crippen molar-refractivity contribution in [1.82, 2.24) is 0 Å². The maximum Gasteiger partial charge on any atom is 0.293 e. The van der Waals surface area contributed by atoms with Gasteiger partial charge in [-0.05, 0) is 37.3 Å². The molecule has 2 aromatic carbocycles. The van der Waals surface area contributed by atoms with E-state index in [0.29, 0.717) is 11.3 Å². The SMILES string of the molecule is Cc1ccc(C(=O)Nc2ccc(C(C=O)[N+](=O)[O-])c(Cl)c2)cc1. The van der Waals surface area contributed by atoms with Gasteiger partial charge in [-0.15, -0.1) is 0 Å². The fraction of sp³-hybridized carbons (Fsp3) is 0.125. The maximum absolute atomic E-state index is 12.1. The molecule has 0 aliphatic heterocycles. The van der Waals surface area contributed by atoms with Crippen LogP contribution in [0.1, 0.15) is 27.5 Å². The van der Waals surface area contributed by atoms with E-state index < -0.39 is 11.0 Å². The highest BCUT2D eigenvalue weighted by molar-refractivity contribution is 6.32. The first kappa shape index (κ1) is 16.6. The van der Waals surface area contributed by atoms with Crippen molar-refractivity contribution in [3.05, 3.63) is 74.3 Å². The number of hydrogen-bond donors (Lipinski definition) is 1. The number of nitro groups is 1. The van der Waals surface area contributed by atoms with Crippen LogP contribution in [0.25, 0.3) is 0 Å². The van der Waals surface area contributed by atoms with Gasteiger partial charge in [-0.1, -0.05) is 29.3 Å². The van der Waals surface area contributed by atoms with Gasteiger partial charge in [0.05, 0.1) is 10.6 Å². The van der Waals surface area contributed by atoms with Gasteiger partial charge in [0.15, 0.2) is 6.29 Å². The normalized spacial score (nSPS) is 11.6. The first-order valence-electron chi connectivity index (χ1n) is 6.68. The summed E-state index contributed by atoms with van der Waals surface area (Å²) in [5.74, 6) is -0.324. The van der Waals surface area contributed by atoms with Crippen LogP contribution in [0.4, 0.5) is 5.69 Å². The minimum Gasteiger partial charge on any atom is -0.322 e. The molecular weight excluding hydrogens is 320 g/mol. The van der Waals surface area contributed by atoms with E-state index in [1.807, 2.05) is 19.1 Å². The highest BCUT2D eigenvalue weighted by atomic mass is 35.5. The average molecular weight is 333 g/mol. The van der Waals surface area contributed by atoms with Crippen LogP contribution < -0.4 is 5.32 Å². The summed E-state index contributed by atoms with van der Waals surface area (Å²) in [4.78, 5) is 33.0. The van der Waals surface area contributed by atoms with Gasteiger partial charge in [0.1, 0.15) is 0 Å². The zero-order valence-electron chi connectivity index (χ0n) is 12.2. The lowest BCUT2D eigenvalue weighted by atomic mass is 10.1. The summed E-state index contributed by atoms with van der Waals surface area (Å²) in [6, 6.07) is 9.69. The lowest BCUT2D eigenvalue weighted by molar-refractivity contribution is -0.511. The Hall–Kier alpha value is -2.73. The molecule has 0 bridgehead atoms. The van der Waals surface area contributed by atoms with E-state index >= 15 is 0 Å². The zero-order valence-corrected chi connectivity index (χ0v) is 12.9. The van der Waals surface area contributed by atoms with Crippen molar-refractivity contribution in [3.8, 4) is 0 Å². The smallest absolute Gasteiger partial charge is 0.293 e. The molecular formula is C16H13ClN2O4. The molecule has 118 valence electrons. The third-order valence-corrected chi connectivity index (χ3v) is 3.57. The van der Waals surface area contributed by atoms with Crippen molar-refractivity contribution < 1.29 is 14.5 Å². The van der Waals surface area contributed by atoms with Gasteiger partial charge in [0.2, 0.25) is 0 Å². The number of aryl methyl sites for hydroxylation is 1. The monoisotopic (exact) mass is 332 g/mol. The molecule has 0 aliphatic rings. The van der Waals surface area contributed by atoms with Crippen LogP contribution in [-0.2, 0) is 4.79 Å². The standard InChI is InChI=1S/C16H13ClN2O4/c1-10-2-4-11(5-3-10)16(21)18-12-6-7-13(14(17)8-12)15(9-20)19(22)23/h2-9,15H,1H3,(H,18,21). The third-order valence-electron chi connectivity index (χ3n) is 3.25. The molecule has 1 atom stereocenters. The highest BCUT2D eigenvalue weighted by Gasteiger charge is 2.24. The van der Waals surface area contributed by atoms with Crippen LogP contribution in [0.15, 0.2) is 42.5 Å². The summed E-state index contributed by atoms with van der Waals surface area (Å²) < 4.78 is 0. The molecule has 0 fully saturated rings. The number of carbonyl (C=O) groups is 2. The number of hydrogen-bond acceptors (Lipinski definition) is 4. The summed E-state index contributed by atoms with van der Waals surface area (Å²) in [5, 5.41) is 13.5. The lowest BCUT2D eigenvalue weighted by Gasteiger charge is -2.09. The minimum absolute atomic E-state index is 0.0421. The fourth-order valence-corrected chi connectivity index (χ4v) is 2.28. The fourth-order valence-electron chi connectivity index (χ4n) is 1.99. The Morgan fingerprint density at radius 3 is 2.43 bits per heavy atom. The van der Waals surface area contributed by atoms with Gasteiger partial charge in [-0.2, -0.15) is 0 Å². The molecule has 0 saturated carbocycles. The van der Waals surface area contributed by atoms with Gasteiger partial charge in [-0.25, -0.2) is 0 Å². The van der Waals surface area contributed by atoms with E-state index in [0.717, 1.165) is 5.56 Å². The molecule has 2 rings (SSSR count). The van der Waals surface area contributed by atoms with Crippen molar-refractivity contribution in [3.63, 3.8) is 0 Å². The molecule has 1 unspecified atom stereocenters. The van der Waals surface area contributed by atoms with Gasteiger partial charge < -0.3 is 5.32 Å². The molecule has 2 aromatic rings. The number of halogens is 1. The predicted molar refractivity (Wildman–Crippen MR) is 86.4 cm³/mol. The first-order chi connectivity index (χ1) is 10.9. The Morgan fingerprint density at radius 2 is 1.91 bits per heavy atom. The van der Waals surface area contributed by atoms with Crippen molar-refractivity contribution in [1.29, 1.82) is 0 Å². The Kier molecular flexibility index (Phi) is 5.08. The Balaban J connectivity index is 2.20. The number of rotatable bonds is 5. The molecule has 0 aromatic heterocycles. The van der Waals surface area contributed by atoms with Crippen molar-refractivity contribution >= 4 is 29.5 Å². The summed E-state index contributed by atoms with van der Waals surface area (Å²) in [7, 11) is 0. The second-order valence-corrected chi connectivity index (χ2v) is 5.33. The largest absolute Gasteiger partial charge is 0.322 e. The first-order valence-corrected chi connectivity index (χ1v) is 7.06. The van der Waals surface area contributed by atoms with Crippen LogP contribution in [0.5, 0.6) is 0 Å². The van der Waals surface area contributed by atoms with Gasteiger partial charge in [0.25, 0.3) is 11.9 Å². The van der Waals surface area contributed by atoms with E-state index in [9.17, 15) is 19.7 Å². The molecule has 7 heteroatoms. The number of benzene rings is 2. The molecule has 0 spiro atoms. The van der Waals surface area contributed by atoms with E-state index in [4.69, 9.17) is 11.6 Å². The van der Waals surface area contributed by atoms with Crippen molar-refractivity contribution in [2.24, 2.45) is 0 Å². The molecule has 1 amide bonds. The second kappa shape index (κ2) is 7.02. The van der Waals surface area contributed by atoms with Crippen LogP contribution in [0.3, 0.4) is 0 Å². The molecule has 0 radical (unpaired) electrons. The third kappa shape index (κ3) is 3.92. The van der Waals surface area contributed by atoms with Crippen LogP contribution in [0, 0.1) is 17.0 Å². The summed E-state index contributed by atoms with van der Waals surface area (Å²) in [6.45, 7) is 1.92. The highest BCUT2D eigenvalue weighted by Crippen LogP contribution is 2.27. The molecule has 6 nitrogen and oxygen atoms in total. The van der Waals surface area contributed by atoms with Gasteiger partial charge in [0, 0.05) is 16.2 Å². The number of nitrogens with one attached hydrogen (secondary N) is 1. The molecule has 1 N–H and O–H groups in total. The van der Waals surface area contributed by atoms with Gasteiger partial charge >= 0.3 is 0 Å². The maximum atomic E-state index is 12.1. The van der Waals surface area contributed by atoms with Crippen molar-refractivity contribution in [2.45, 2.75) is 13.0 Å². The van der Waals surface area contributed by atoms with Gasteiger partial charge in [-0.3, -0.25) is 19.7 Å². The van der Waals surface area contributed by atoms with E-state index in [1.165, 1.54) is 18.2 Å². The number of aldehydes is 1. The predicted octanol–water partition coefficient (Wildman–Crippen LogP) is 3.42. The summed E-state index contributed by atoms with van der Waals surface area (Å²) >= 11 is 5.98. The minimum atomic E-state index is -1.52. The van der Waals surface area contributed by atoms with Crippen LogP contribution >= 0.6 is 11.6 Å². The lowest BCUT2D eigenvalue weighted by Crippen LogP contribution is -2.14. The Bertz CT molecular complexity index is 759. The quantitative estimate of drug-likeness (QED) is 0.516. The zero-order chi connectivity index (χ0) is 17.0. The number of amides is 1. The summed E-state index contributed by atoms with van der Waals surface area (Å²) in [6.07, 6.45) is 0.214. The van der Waals surface area contributed by atoms with E-state index in [-0.39, 0.29) is 22.8 Å². The molecule has 0 saturated heterocycles. The Morgan fingerprint density at radius 1 is 1.26 bits per heavy atom. The number of carbonyl (C=O) groups excluding carboxylic acids is 2. The topological polar surface area (TPSA) is 89.3 Å². The van der Waals surface area contributed by atoms with E-state index in [2.05, 4.69) is 5.32 Å². The number of nitrogens with zero attached hydrogens (tertiary/aromatic N) is 1. The molecule has 23 heavy (non-hydrogen) atoms. The summed E-state index contributed by atoms with van der Waals surface area (Å²) in [5.41, 5.74) is 1.98. The molecule has 0 aliphatic carbocycles. The van der Waals surface area contributed by atoms with Crippen molar-refractivity contribution in [2.75, 3.05) is 5.32 Å². The number of anilines is 1. The van der Waals surface area contributed by atoms with Crippen LogP contribution in [0.2, 0.25) is 5.02 Å². The molecule has 0 heterocycles.